The fourth-order valence-electron chi connectivity index (χ4n) is 3.43. The Morgan fingerprint density at radius 2 is 1.90 bits per heavy atom. The van der Waals surface area contributed by atoms with Crippen LogP contribution in [0.5, 0.6) is 0 Å². The van der Waals surface area contributed by atoms with Crippen LogP contribution in [0.15, 0.2) is 28.7 Å². The van der Waals surface area contributed by atoms with Crippen LogP contribution in [0.1, 0.15) is 38.2 Å². The van der Waals surface area contributed by atoms with Gasteiger partial charge in [-0.15, -0.1) is 0 Å². The molecule has 0 aliphatic heterocycles. The van der Waals surface area contributed by atoms with E-state index in [0.717, 1.165) is 17.4 Å². The molecule has 1 aliphatic rings. The third-order valence-corrected chi connectivity index (χ3v) is 5.36. The molecule has 0 amide bonds. The van der Waals surface area contributed by atoms with Gasteiger partial charge in [0.15, 0.2) is 0 Å². The lowest BCUT2D eigenvalue weighted by atomic mass is 9.83. The summed E-state index contributed by atoms with van der Waals surface area (Å²) in [5.74, 6) is 0.682. The number of halogens is 1. The maximum atomic E-state index is 5.97. The Morgan fingerprint density at radius 1 is 1.25 bits per heavy atom. The highest BCUT2D eigenvalue weighted by Gasteiger charge is 2.29. The van der Waals surface area contributed by atoms with Gasteiger partial charge in [-0.1, -0.05) is 40.9 Å². The Bertz CT molecular complexity index is 404. The van der Waals surface area contributed by atoms with E-state index in [4.69, 9.17) is 5.73 Å². The van der Waals surface area contributed by atoms with Crippen molar-refractivity contribution in [2.45, 2.75) is 51.1 Å². The van der Waals surface area contributed by atoms with Crippen LogP contribution < -0.4 is 5.73 Å². The van der Waals surface area contributed by atoms with E-state index in [9.17, 15) is 0 Å². The van der Waals surface area contributed by atoms with Crippen LogP contribution in [-0.4, -0.2) is 30.6 Å². The smallest absolute Gasteiger partial charge is 0.0175 e. The molecule has 0 heterocycles. The normalized spacial score (nSPS) is 24.9. The fraction of sp³-hybridized carbons (Fsp3) is 0.647. The molecule has 1 aliphatic carbocycles. The lowest BCUT2D eigenvalue weighted by Gasteiger charge is -2.40. The minimum Gasteiger partial charge on any atom is -0.330 e. The minimum atomic E-state index is 0.563. The van der Waals surface area contributed by atoms with Crippen LogP contribution >= 0.6 is 15.9 Å². The summed E-state index contributed by atoms with van der Waals surface area (Å²) in [6.45, 7) is 3.17. The molecular weight excluding hydrogens is 312 g/mol. The molecule has 0 aromatic heterocycles. The minimum absolute atomic E-state index is 0.563. The van der Waals surface area contributed by atoms with Crippen molar-refractivity contribution in [3.63, 3.8) is 0 Å². The monoisotopic (exact) mass is 338 g/mol. The van der Waals surface area contributed by atoms with Gasteiger partial charge in [0.2, 0.25) is 0 Å². The largest absolute Gasteiger partial charge is 0.330 e. The average molecular weight is 339 g/mol. The number of benzene rings is 1. The average Bonchev–Trinajstić information content (AvgIpc) is 2.48. The number of nitrogens with zero attached hydrogens (tertiary/aromatic N) is 1. The van der Waals surface area contributed by atoms with Crippen molar-refractivity contribution in [2.24, 2.45) is 11.7 Å². The standard InChI is InChI=1S/C17H27BrN2/c1-13(11-14-7-9-16(18)10-8-14)20(2)17-6-4-3-5-15(17)12-19/h7-10,13,15,17H,3-6,11-12,19H2,1-2H3. The summed E-state index contributed by atoms with van der Waals surface area (Å²) in [6, 6.07) is 9.93. The molecule has 1 saturated carbocycles. The lowest BCUT2D eigenvalue weighted by molar-refractivity contribution is 0.0988. The summed E-state index contributed by atoms with van der Waals surface area (Å²) in [4.78, 5) is 2.57. The number of nitrogens with two attached hydrogens (primary N) is 1. The molecule has 3 atom stereocenters. The molecule has 1 aromatic carbocycles. The third-order valence-electron chi connectivity index (χ3n) is 4.83. The zero-order chi connectivity index (χ0) is 14.5. The maximum Gasteiger partial charge on any atom is 0.0175 e. The first kappa shape index (κ1) is 16.0. The van der Waals surface area contributed by atoms with E-state index in [1.165, 1.54) is 31.2 Å². The summed E-state index contributed by atoms with van der Waals surface area (Å²) in [7, 11) is 2.28. The van der Waals surface area contributed by atoms with Crippen molar-refractivity contribution in [2.75, 3.05) is 13.6 Å². The third kappa shape index (κ3) is 4.06. The van der Waals surface area contributed by atoms with Crippen molar-refractivity contribution < 1.29 is 0 Å². The zero-order valence-corrected chi connectivity index (χ0v) is 14.3. The highest BCUT2D eigenvalue weighted by atomic mass is 79.9. The van der Waals surface area contributed by atoms with Gasteiger partial charge in [-0.05, 0) is 63.4 Å². The van der Waals surface area contributed by atoms with Crippen LogP contribution in [0.2, 0.25) is 0 Å². The predicted molar refractivity (Wildman–Crippen MR) is 89.9 cm³/mol. The van der Waals surface area contributed by atoms with Crippen LogP contribution in [-0.2, 0) is 6.42 Å². The molecule has 0 spiro atoms. The highest BCUT2D eigenvalue weighted by molar-refractivity contribution is 9.10. The van der Waals surface area contributed by atoms with E-state index in [0.29, 0.717) is 18.0 Å². The molecule has 2 rings (SSSR count). The zero-order valence-electron chi connectivity index (χ0n) is 12.7. The van der Waals surface area contributed by atoms with Gasteiger partial charge in [-0.3, -0.25) is 0 Å². The molecule has 0 radical (unpaired) electrons. The van der Waals surface area contributed by atoms with Gasteiger partial charge in [-0.2, -0.15) is 0 Å². The van der Waals surface area contributed by atoms with E-state index < -0.39 is 0 Å². The lowest BCUT2D eigenvalue weighted by Crippen LogP contribution is -2.47. The molecule has 3 heteroatoms. The highest BCUT2D eigenvalue weighted by Crippen LogP contribution is 2.28. The van der Waals surface area contributed by atoms with E-state index in [1.807, 2.05) is 0 Å². The van der Waals surface area contributed by atoms with Crippen molar-refractivity contribution in [3.8, 4) is 0 Å². The van der Waals surface area contributed by atoms with Crippen molar-refractivity contribution in [1.82, 2.24) is 4.90 Å². The molecule has 2 nitrogen and oxygen atoms in total. The van der Waals surface area contributed by atoms with Gasteiger partial charge >= 0.3 is 0 Å². The molecular formula is C17H27BrN2. The van der Waals surface area contributed by atoms with Crippen molar-refractivity contribution >= 4 is 15.9 Å². The number of likely N-dealkylation sites (N-methyl/N-ethyl adjacent to an activating group) is 1. The maximum absolute atomic E-state index is 5.97. The first-order valence-electron chi connectivity index (χ1n) is 7.78. The van der Waals surface area contributed by atoms with E-state index in [1.54, 1.807) is 0 Å². The topological polar surface area (TPSA) is 29.3 Å². The summed E-state index contributed by atoms with van der Waals surface area (Å²) in [5.41, 5.74) is 7.38. The summed E-state index contributed by atoms with van der Waals surface area (Å²) < 4.78 is 1.15. The molecule has 1 fully saturated rings. The Kier molecular flexibility index (Phi) is 6.06. The Morgan fingerprint density at radius 3 is 2.55 bits per heavy atom. The number of hydrogen-bond acceptors (Lipinski definition) is 2. The van der Waals surface area contributed by atoms with Gasteiger partial charge in [0.05, 0.1) is 0 Å². The Hall–Kier alpha value is -0.380. The van der Waals surface area contributed by atoms with Crippen molar-refractivity contribution in [3.05, 3.63) is 34.3 Å². The van der Waals surface area contributed by atoms with Gasteiger partial charge in [0.1, 0.15) is 0 Å². The molecule has 112 valence electrons. The molecule has 0 bridgehead atoms. The molecule has 0 saturated heterocycles. The quantitative estimate of drug-likeness (QED) is 0.883. The Balaban J connectivity index is 1.96. The molecule has 20 heavy (non-hydrogen) atoms. The van der Waals surface area contributed by atoms with Gasteiger partial charge in [0, 0.05) is 16.6 Å². The summed E-state index contributed by atoms with van der Waals surface area (Å²) in [5, 5.41) is 0. The van der Waals surface area contributed by atoms with Crippen LogP contribution in [0, 0.1) is 5.92 Å². The second-order valence-corrected chi connectivity index (χ2v) is 7.11. The molecule has 3 unspecified atom stereocenters. The first-order chi connectivity index (χ1) is 9.61. The molecule has 1 aromatic rings. The van der Waals surface area contributed by atoms with Gasteiger partial charge in [-0.25, -0.2) is 0 Å². The summed E-state index contributed by atoms with van der Waals surface area (Å²) in [6.07, 6.45) is 6.43. The number of hydrogen-bond donors (Lipinski definition) is 1. The molecule has 2 N–H and O–H groups in total. The van der Waals surface area contributed by atoms with E-state index >= 15 is 0 Å². The van der Waals surface area contributed by atoms with E-state index in [2.05, 4.69) is 59.1 Å². The van der Waals surface area contributed by atoms with Gasteiger partial charge in [0.25, 0.3) is 0 Å². The van der Waals surface area contributed by atoms with E-state index in [-0.39, 0.29) is 0 Å². The van der Waals surface area contributed by atoms with Gasteiger partial charge < -0.3 is 10.6 Å². The Labute approximate surface area is 131 Å². The van der Waals surface area contributed by atoms with Crippen LogP contribution in [0.4, 0.5) is 0 Å². The van der Waals surface area contributed by atoms with Crippen LogP contribution in [0.3, 0.4) is 0 Å². The second kappa shape index (κ2) is 7.58. The number of rotatable bonds is 5. The fourth-order valence-corrected chi connectivity index (χ4v) is 3.70. The van der Waals surface area contributed by atoms with Crippen molar-refractivity contribution in [1.29, 1.82) is 0 Å². The predicted octanol–water partition coefficient (Wildman–Crippen LogP) is 3.83. The summed E-state index contributed by atoms with van der Waals surface area (Å²) >= 11 is 3.50. The van der Waals surface area contributed by atoms with Crippen LogP contribution in [0.25, 0.3) is 0 Å². The second-order valence-electron chi connectivity index (χ2n) is 6.19. The SMILES string of the molecule is CC(Cc1ccc(Br)cc1)N(C)C1CCCCC1CN. The first-order valence-corrected chi connectivity index (χ1v) is 8.57.